The van der Waals surface area contributed by atoms with Crippen LogP contribution in [0.1, 0.15) is 15.9 Å². The Kier molecular flexibility index (Phi) is 5.44. The van der Waals surface area contributed by atoms with E-state index in [2.05, 4.69) is 48.8 Å². The number of oxazole rings is 1. The number of aromatic nitrogens is 1. The molecule has 0 aliphatic heterocycles. The van der Waals surface area contributed by atoms with Gasteiger partial charge in [-0.15, -0.1) is 0 Å². The summed E-state index contributed by atoms with van der Waals surface area (Å²) < 4.78 is 7.57. The molecule has 28 heavy (non-hydrogen) atoms. The van der Waals surface area contributed by atoms with E-state index in [-0.39, 0.29) is 5.91 Å². The highest BCUT2D eigenvalue weighted by molar-refractivity contribution is 14.1. The predicted octanol–water partition coefficient (Wildman–Crippen LogP) is 7.08. The first-order chi connectivity index (χ1) is 13.4. The van der Waals surface area contributed by atoms with Crippen LogP contribution in [0, 0.1) is 10.5 Å². The van der Waals surface area contributed by atoms with Crippen LogP contribution >= 0.6 is 50.1 Å². The first kappa shape index (κ1) is 19.4. The molecule has 7 heteroatoms. The van der Waals surface area contributed by atoms with E-state index in [1.165, 1.54) is 0 Å². The highest BCUT2D eigenvalue weighted by atomic mass is 127. The third-order valence-electron chi connectivity index (χ3n) is 4.24. The third-order valence-corrected chi connectivity index (χ3v) is 5.91. The average molecular weight is 568 g/mol. The van der Waals surface area contributed by atoms with Crippen LogP contribution in [0.25, 0.3) is 22.6 Å². The zero-order valence-corrected chi connectivity index (χ0v) is 19.1. The number of anilines is 1. The summed E-state index contributed by atoms with van der Waals surface area (Å²) >= 11 is 11.6. The number of halogens is 3. The molecule has 0 saturated carbocycles. The van der Waals surface area contributed by atoms with E-state index in [1.807, 2.05) is 43.3 Å². The van der Waals surface area contributed by atoms with E-state index >= 15 is 0 Å². The van der Waals surface area contributed by atoms with Crippen LogP contribution in [-0.4, -0.2) is 10.9 Å². The molecule has 4 nitrogen and oxygen atoms in total. The molecule has 1 N–H and O–H groups in total. The summed E-state index contributed by atoms with van der Waals surface area (Å²) in [4.78, 5) is 17.2. The van der Waals surface area contributed by atoms with Crippen molar-refractivity contribution in [3.8, 4) is 11.5 Å². The van der Waals surface area contributed by atoms with Crippen molar-refractivity contribution in [1.29, 1.82) is 0 Å². The Bertz CT molecular complexity index is 1220. The van der Waals surface area contributed by atoms with E-state index in [1.54, 1.807) is 18.2 Å². The summed E-state index contributed by atoms with van der Waals surface area (Å²) in [6, 6.07) is 16.6. The van der Waals surface area contributed by atoms with Gasteiger partial charge in [0.1, 0.15) is 5.52 Å². The molecule has 0 fully saturated rings. The largest absolute Gasteiger partial charge is 0.436 e. The summed E-state index contributed by atoms with van der Waals surface area (Å²) in [6.45, 7) is 1.94. The van der Waals surface area contributed by atoms with Gasteiger partial charge in [-0.1, -0.05) is 27.5 Å². The van der Waals surface area contributed by atoms with Crippen LogP contribution in [0.2, 0.25) is 5.02 Å². The fourth-order valence-electron chi connectivity index (χ4n) is 2.82. The van der Waals surface area contributed by atoms with Gasteiger partial charge in [0, 0.05) is 24.3 Å². The number of nitrogens with one attached hydrogen (secondary N) is 1. The van der Waals surface area contributed by atoms with Gasteiger partial charge in [-0.05, 0) is 89.7 Å². The monoisotopic (exact) mass is 566 g/mol. The maximum atomic E-state index is 12.7. The van der Waals surface area contributed by atoms with E-state index < -0.39 is 0 Å². The zero-order chi connectivity index (χ0) is 19.8. The standard InChI is InChI=1S/C21H13BrClIN2O2/c1-11-8-12(21-26-18-10-14(23)4-7-19(18)28-21)2-6-17(11)25-20(27)15-9-13(22)3-5-16(15)24/h2-10H,1H3,(H,25,27). The summed E-state index contributed by atoms with van der Waals surface area (Å²) in [5.41, 5.74) is 4.49. The van der Waals surface area contributed by atoms with Crippen LogP contribution in [0.15, 0.2) is 63.5 Å². The van der Waals surface area contributed by atoms with Crippen LogP contribution in [0.3, 0.4) is 0 Å². The lowest BCUT2D eigenvalue weighted by Crippen LogP contribution is -2.14. The molecule has 4 rings (SSSR count). The van der Waals surface area contributed by atoms with Gasteiger partial charge in [0.05, 0.1) is 5.56 Å². The summed E-state index contributed by atoms with van der Waals surface area (Å²) in [5.74, 6) is 0.359. The van der Waals surface area contributed by atoms with E-state index in [0.29, 0.717) is 27.6 Å². The van der Waals surface area contributed by atoms with Crippen molar-refractivity contribution in [3.63, 3.8) is 0 Å². The number of aryl methyl sites for hydroxylation is 1. The van der Waals surface area contributed by atoms with E-state index in [9.17, 15) is 4.79 Å². The minimum Gasteiger partial charge on any atom is -0.436 e. The number of fused-ring (bicyclic) bond motifs is 1. The first-order valence-corrected chi connectivity index (χ1v) is 10.6. The molecule has 4 aromatic rings. The van der Waals surface area contributed by atoms with E-state index in [4.69, 9.17) is 16.0 Å². The second-order valence-electron chi connectivity index (χ2n) is 6.24. The molecule has 0 radical (unpaired) electrons. The number of carbonyl (C=O) groups excluding carboxylic acids is 1. The lowest BCUT2D eigenvalue weighted by atomic mass is 10.1. The Hall–Kier alpha value is -1.90. The van der Waals surface area contributed by atoms with Crippen molar-refractivity contribution in [3.05, 3.63) is 78.8 Å². The predicted molar refractivity (Wildman–Crippen MR) is 124 cm³/mol. The smallest absolute Gasteiger partial charge is 0.256 e. The van der Waals surface area contributed by atoms with Crippen LogP contribution in [0.5, 0.6) is 0 Å². The molecule has 1 aromatic heterocycles. The van der Waals surface area contributed by atoms with Crippen molar-refractivity contribution < 1.29 is 9.21 Å². The minimum absolute atomic E-state index is 0.155. The van der Waals surface area contributed by atoms with Gasteiger partial charge >= 0.3 is 0 Å². The van der Waals surface area contributed by atoms with Crippen molar-refractivity contribution in [1.82, 2.24) is 4.98 Å². The van der Waals surface area contributed by atoms with Crippen molar-refractivity contribution in [2.45, 2.75) is 6.92 Å². The quantitative estimate of drug-likeness (QED) is 0.269. The van der Waals surface area contributed by atoms with Gasteiger partial charge in [0.2, 0.25) is 5.89 Å². The minimum atomic E-state index is -0.155. The van der Waals surface area contributed by atoms with Crippen molar-refractivity contribution >= 4 is 72.8 Å². The van der Waals surface area contributed by atoms with Crippen LogP contribution < -0.4 is 5.32 Å². The Morgan fingerprint density at radius 1 is 1.14 bits per heavy atom. The first-order valence-electron chi connectivity index (χ1n) is 8.34. The molecule has 3 aromatic carbocycles. The lowest BCUT2D eigenvalue weighted by Gasteiger charge is -2.11. The van der Waals surface area contributed by atoms with Gasteiger partial charge in [-0.25, -0.2) is 4.98 Å². The summed E-state index contributed by atoms with van der Waals surface area (Å²) in [6.07, 6.45) is 0. The fourth-order valence-corrected chi connectivity index (χ4v) is 3.93. The lowest BCUT2D eigenvalue weighted by molar-refractivity contribution is 0.102. The molecule has 0 bridgehead atoms. The fraction of sp³-hybridized carbons (Fsp3) is 0.0476. The molecule has 0 spiro atoms. The van der Waals surface area contributed by atoms with Gasteiger partial charge in [0.25, 0.3) is 5.91 Å². The van der Waals surface area contributed by atoms with E-state index in [0.717, 1.165) is 24.9 Å². The number of nitrogens with zero attached hydrogens (tertiary/aromatic N) is 1. The Morgan fingerprint density at radius 2 is 1.96 bits per heavy atom. The normalized spacial score (nSPS) is 11.0. The molecule has 0 aliphatic carbocycles. The third kappa shape index (κ3) is 3.94. The number of carbonyl (C=O) groups is 1. The number of hydrogen-bond donors (Lipinski definition) is 1. The molecular weight excluding hydrogens is 555 g/mol. The number of amides is 1. The number of rotatable bonds is 3. The average Bonchev–Trinajstić information content (AvgIpc) is 3.08. The Labute approximate surface area is 188 Å². The second-order valence-corrected chi connectivity index (χ2v) is 8.75. The molecule has 1 heterocycles. The summed E-state index contributed by atoms with van der Waals surface area (Å²) in [7, 11) is 0. The maximum Gasteiger partial charge on any atom is 0.256 e. The Morgan fingerprint density at radius 3 is 2.75 bits per heavy atom. The molecule has 0 unspecified atom stereocenters. The zero-order valence-electron chi connectivity index (χ0n) is 14.6. The topological polar surface area (TPSA) is 55.1 Å². The van der Waals surface area contributed by atoms with Gasteiger partial charge < -0.3 is 9.73 Å². The van der Waals surface area contributed by atoms with Crippen molar-refractivity contribution in [2.24, 2.45) is 0 Å². The number of benzene rings is 3. The number of hydrogen-bond acceptors (Lipinski definition) is 3. The van der Waals surface area contributed by atoms with Gasteiger partial charge in [-0.2, -0.15) is 0 Å². The van der Waals surface area contributed by atoms with Crippen LogP contribution in [-0.2, 0) is 0 Å². The van der Waals surface area contributed by atoms with Gasteiger partial charge in [0.15, 0.2) is 5.58 Å². The Balaban J connectivity index is 1.62. The maximum absolute atomic E-state index is 12.7. The molecule has 1 amide bonds. The highest BCUT2D eigenvalue weighted by Crippen LogP contribution is 2.29. The highest BCUT2D eigenvalue weighted by Gasteiger charge is 2.14. The molecule has 0 atom stereocenters. The second kappa shape index (κ2) is 7.85. The molecule has 0 aliphatic rings. The van der Waals surface area contributed by atoms with Crippen LogP contribution in [0.4, 0.5) is 5.69 Å². The molecule has 140 valence electrons. The van der Waals surface area contributed by atoms with Gasteiger partial charge in [-0.3, -0.25) is 4.79 Å². The molecule has 0 saturated heterocycles. The van der Waals surface area contributed by atoms with Crippen molar-refractivity contribution in [2.75, 3.05) is 5.32 Å². The molecular formula is C21H13BrClIN2O2. The summed E-state index contributed by atoms with van der Waals surface area (Å²) in [5, 5.41) is 3.59. The SMILES string of the molecule is Cc1cc(-c2nc3cc(Cl)ccc3o2)ccc1NC(=O)c1cc(Br)ccc1I.